The maximum absolute atomic E-state index is 10.9. The van der Waals surface area contributed by atoms with Crippen LogP contribution in [0, 0.1) is 0 Å². The smallest absolute Gasteiger partial charge is 0.237 e. The highest BCUT2D eigenvalue weighted by atomic mass is 35.5. The second-order valence-corrected chi connectivity index (χ2v) is 3.33. The molecule has 0 fully saturated rings. The number of hydrogen-bond donors (Lipinski definition) is 1. The van der Waals surface area contributed by atoms with E-state index in [2.05, 4.69) is 9.97 Å². The molecule has 2 aromatic rings. The number of halogens is 1. The molecule has 0 saturated carbocycles. The van der Waals surface area contributed by atoms with Gasteiger partial charge in [-0.2, -0.15) is 0 Å². The van der Waals surface area contributed by atoms with Crippen LogP contribution in [0.5, 0.6) is 0 Å². The summed E-state index contributed by atoms with van der Waals surface area (Å²) >= 11 is 5.72. The number of amides is 1. The largest absolute Gasteiger partial charge is 0.368 e. The van der Waals surface area contributed by atoms with Crippen LogP contribution in [0.1, 0.15) is 5.82 Å². The van der Waals surface area contributed by atoms with Crippen molar-refractivity contribution < 1.29 is 4.79 Å². The van der Waals surface area contributed by atoms with Crippen LogP contribution in [0.25, 0.3) is 11.2 Å². The molecule has 2 rings (SSSR count). The van der Waals surface area contributed by atoms with Gasteiger partial charge in [0, 0.05) is 6.20 Å². The van der Waals surface area contributed by atoms with Gasteiger partial charge in [0.25, 0.3) is 0 Å². The van der Waals surface area contributed by atoms with E-state index in [4.69, 9.17) is 17.3 Å². The van der Waals surface area contributed by atoms with E-state index < -0.39 is 5.91 Å². The van der Waals surface area contributed by atoms with Gasteiger partial charge in [0.15, 0.2) is 5.65 Å². The van der Waals surface area contributed by atoms with E-state index in [-0.39, 0.29) is 12.4 Å². The minimum Gasteiger partial charge on any atom is -0.368 e. The first-order valence-corrected chi connectivity index (χ1v) is 4.90. The van der Waals surface area contributed by atoms with Gasteiger partial charge >= 0.3 is 0 Å². The lowest BCUT2D eigenvalue weighted by Gasteiger charge is -2.02. The zero-order chi connectivity index (χ0) is 10.8. The number of alkyl halides is 1. The normalized spacial score (nSPS) is 10.7. The summed E-state index contributed by atoms with van der Waals surface area (Å²) in [5.41, 5.74) is 6.49. The molecule has 0 spiro atoms. The van der Waals surface area contributed by atoms with Crippen molar-refractivity contribution in [1.82, 2.24) is 14.5 Å². The fourth-order valence-corrected chi connectivity index (χ4v) is 1.63. The summed E-state index contributed by atoms with van der Waals surface area (Å²) in [6.07, 6.45) is 1.64. The predicted molar refractivity (Wildman–Crippen MR) is 56.3 cm³/mol. The average molecular weight is 225 g/mol. The van der Waals surface area contributed by atoms with E-state index in [0.29, 0.717) is 11.5 Å². The Bertz CT molecular complexity index is 508. The van der Waals surface area contributed by atoms with Gasteiger partial charge in [-0.15, -0.1) is 11.6 Å². The molecule has 0 saturated heterocycles. The average Bonchev–Trinajstić information content (AvgIpc) is 2.56. The quantitative estimate of drug-likeness (QED) is 0.779. The van der Waals surface area contributed by atoms with Crippen molar-refractivity contribution in [3.63, 3.8) is 0 Å². The molecule has 15 heavy (non-hydrogen) atoms. The molecule has 78 valence electrons. The van der Waals surface area contributed by atoms with Gasteiger partial charge in [-0.25, -0.2) is 9.97 Å². The molecule has 0 unspecified atom stereocenters. The molecule has 0 aliphatic carbocycles. The molecular weight excluding hydrogens is 216 g/mol. The van der Waals surface area contributed by atoms with Crippen LogP contribution in [0.15, 0.2) is 18.3 Å². The number of primary amides is 1. The highest BCUT2D eigenvalue weighted by molar-refractivity contribution is 6.16. The molecule has 5 nitrogen and oxygen atoms in total. The number of nitrogens with two attached hydrogens (primary N) is 1. The Balaban J connectivity index is 2.61. The van der Waals surface area contributed by atoms with E-state index in [1.165, 1.54) is 0 Å². The summed E-state index contributed by atoms with van der Waals surface area (Å²) in [5, 5.41) is 0. The zero-order valence-electron chi connectivity index (χ0n) is 7.85. The van der Waals surface area contributed by atoms with Crippen LogP contribution < -0.4 is 5.73 Å². The van der Waals surface area contributed by atoms with Crippen LogP contribution in [-0.4, -0.2) is 20.4 Å². The van der Waals surface area contributed by atoms with Crippen LogP contribution >= 0.6 is 11.6 Å². The van der Waals surface area contributed by atoms with Crippen LogP contribution in [0.3, 0.4) is 0 Å². The van der Waals surface area contributed by atoms with Crippen LogP contribution in [-0.2, 0) is 17.2 Å². The number of rotatable bonds is 3. The number of hydrogen-bond acceptors (Lipinski definition) is 3. The van der Waals surface area contributed by atoms with Gasteiger partial charge in [-0.3, -0.25) is 4.79 Å². The van der Waals surface area contributed by atoms with Crippen LogP contribution in [0.4, 0.5) is 0 Å². The number of aromatic nitrogens is 3. The Morgan fingerprint density at radius 3 is 3.07 bits per heavy atom. The molecule has 0 aliphatic rings. The van der Waals surface area contributed by atoms with E-state index in [0.717, 1.165) is 5.52 Å². The molecule has 1 amide bonds. The summed E-state index contributed by atoms with van der Waals surface area (Å²) in [5.74, 6) is 0.388. The number of pyridine rings is 1. The van der Waals surface area contributed by atoms with Gasteiger partial charge in [0.05, 0.1) is 5.88 Å². The first-order chi connectivity index (χ1) is 7.22. The molecule has 0 radical (unpaired) electrons. The lowest BCUT2D eigenvalue weighted by Crippen LogP contribution is -2.20. The fourth-order valence-electron chi connectivity index (χ4n) is 1.43. The summed E-state index contributed by atoms with van der Waals surface area (Å²) in [6, 6.07) is 3.60. The van der Waals surface area contributed by atoms with Crippen molar-refractivity contribution in [3.8, 4) is 0 Å². The summed E-state index contributed by atoms with van der Waals surface area (Å²) in [7, 11) is 0. The third kappa shape index (κ3) is 1.78. The number of carbonyl (C=O) groups is 1. The molecule has 2 heterocycles. The Labute approximate surface area is 90.9 Å². The minimum atomic E-state index is -0.439. The molecule has 6 heteroatoms. The summed E-state index contributed by atoms with van der Waals surface area (Å²) in [6.45, 7) is 0.0512. The third-order valence-corrected chi connectivity index (χ3v) is 2.26. The zero-order valence-corrected chi connectivity index (χ0v) is 8.61. The standard InChI is InChI=1S/C9H9ClN4O/c10-4-8-13-6-2-1-3-12-9(6)14(8)5-7(11)15/h1-3H,4-5H2,(H2,11,15). The van der Waals surface area contributed by atoms with Crippen molar-refractivity contribution in [2.75, 3.05) is 0 Å². The Hall–Kier alpha value is -1.62. The summed E-state index contributed by atoms with van der Waals surface area (Å²) in [4.78, 5) is 19.3. The third-order valence-electron chi connectivity index (χ3n) is 2.02. The van der Waals surface area contributed by atoms with E-state index in [1.54, 1.807) is 16.8 Å². The van der Waals surface area contributed by atoms with Gasteiger partial charge in [-0.05, 0) is 12.1 Å². The van der Waals surface area contributed by atoms with Crippen molar-refractivity contribution in [2.24, 2.45) is 5.73 Å². The van der Waals surface area contributed by atoms with Crippen molar-refractivity contribution in [3.05, 3.63) is 24.2 Å². The Kier molecular flexibility index (Phi) is 2.55. The van der Waals surface area contributed by atoms with Gasteiger partial charge < -0.3 is 10.3 Å². The number of fused-ring (bicyclic) bond motifs is 1. The predicted octanol–water partition coefficient (Wildman–Crippen LogP) is 0.655. The summed E-state index contributed by atoms with van der Waals surface area (Å²) < 4.78 is 1.63. The molecule has 0 aromatic carbocycles. The monoisotopic (exact) mass is 224 g/mol. The highest BCUT2D eigenvalue weighted by Gasteiger charge is 2.11. The second kappa shape index (κ2) is 3.86. The number of carbonyl (C=O) groups excluding carboxylic acids is 1. The maximum Gasteiger partial charge on any atom is 0.237 e. The van der Waals surface area contributed by atoms with Gasteiger partial charge in [0.2, 0.25) is 5.91 Å². The molecule has 0 bridgehead atoms. The molecule has 0 atom stereocenters. The SMILES string of the molecule is NC(=O)Cn1c(CCl)nc2cccnc21. The van der Waals surface area contributed by atoms with Crippen molar-refractivity contribution >= 4 is 28.7 Å². The number of imidazole rings is 1. The van der Waals surface area contributed by atoms with E-state index in [9.17, 15) is 4.79 Å². The minimum absolute atomic E-state index is 0.0512. The van der Waals surface area contributed by atoms with Crippen molar-refractivity contribution in [1.29, 1.82) is 0 Å². The fraction of sp³-hybridized carbons (Fsp3) is 0.222. The Morgan fingerprint density at radius 1 is 1.60 bits per heavy atom. The van der Waals surface area contributed by atoms with Crippen LogP contribution in [0.2, 0.25) is 0 Å². The molecular formula is C9H9ClN4O. The second-order valence-electron chi connectivity index (χ2n) is 3.06. The lowest BCUT2D eigenvalue weighted by atomic mass is 10.4. The van der Waals surface area contributed by atoms with Crippen molar-refractivity contribution in [2.45, 2.75) is 12.4 Å². The van der Waals surface area contributed by atoms with E-state index >= 15 is 0 Å². The number of nitrogens with zero attached hydrogens (tertiary/aromatic N) is 3. The topological polar surface area (TPSA) is 73.8 Å². The highest BCUT2D eigenvalue weighted by Crippen LogP contribution is 2.14. The van der Waals surface area contributed by atoms with Gasteiger partial charge in [-0.1, -0.05) is 0 Å². The first kappa shape index (κ1) is 9.92. The molecule has 2 N–H and O–H groups in total. The van der Waals surface area contributed by atoms with E-state index in [1.807, 2.05) is 6.07 Å². The molecule has 2 aromatic heterocycles. The van der Waals surface area contributed by atoms with Gasteiger partial charge in [0.1, 0.15) is 17.9 Å². The lowest BCUT2D eigenvalue weighted by molar-refractivity contribution is -0.118. The first-order valence-electron chi connectivity index (χ1n) is 4.36. The maximum atomic E-state index is 10.9. The molecule has 0 aliphatic heterocycles. The Morgan fingerprint density at radius 2 is 2.40 bits per heavy atom.